The van der Waals surface area contributed by atoms with Crippen molar-refractivity contribution in [3.05, 3.63) is 35.4 Å². The number of hydrazine groups is 1. The summed E-state index contributed by atoms with van der Waals surface area (Å²) in [6, 6.07) is 4.35. The largest absolute Gasteiger partial charge is 0.423 e. The van der Waals surface area contributed by atoms with Crippen LogP contribution in [0.2, 0.25) is 0 Å². The number of hydrogen-bond acceptors (Lipinski definition) is 4. The van der Waals surface area contributed by atoms with Crippen molar-refractivity contribution < 1.29 is 18.0 Å². The fourth-order valence-corrected chi connectivity index (χ4v) is 1.14. The second-order valence-corrected chi connectivity index (χ2v) is 3.42. The summed E-state index contributed by atoms with van der Waals surface area (Å²) in [4.78, 5) is 11.1. The van der Waals surface area contributed by atoms with Crippen LogP contribution >= 0.6 is 0 Å². The summed E-state index contributed by atoms with van der Waals surface area (Å²) in [5.41, 5.74) is 8.65. The van der Waals surface area contributed by atoms with Gasteiger partial charge in [0, 0.05) is 5.56 Å². The van der Waals surface area contributed by atoms with Gasteiger partial charge in [0.1, 0.15) is 0 Å². The van der Waals surface area contributed by atoms with Gasteiger partial charge >= 0.3 is 6.18 Å². The van der Waals surface area contributed by atoms with Gasteiger partial charge in [-0.25, -0.2) is 5.84 Å². The predicted octanol–water partition coefficient (Wildman–Crippen LogP) is -0.0774. The average molecular weight is 248 g/mol. The zero-order chi connectivity index (χ0) is 13.3. The Hall–Kier alpha value is -1.64. The number of nitrogens with one attached hydrogen (secondary N) is 1. The van der Waals surface area contributed by atoms with Crippen LogP contribution in [-0.2, 0) is 5.66 Å². The molecule has 0 unspecified atom stereocenters. The van der Waals surface area contributed by atoms with Crippen molar-refractivity contribution in [2.75, 3.05) is 0 Å². The number of nitrogens with two attached hydrogens (primary N) is 3. The molecule has 0 aromatic heterocycles. The first-order valence-electron chi connectivity index (χ1n) is 4.46. The zero-order valence-corrected chi connectivity index (χ0v) is 8.58. The first-order chi connectivity index (χ1) is 7.70. The van der Waals surface area contributed by atoms with E-state index in [-0.39, 0.29) is 11.1 Å². The number of carbonyl (C=O) groups excluding carboxylic acids is 1. The number of amides is 1. The summed E-state index contributed by atoms with van der Waals surface area (Å²) >= 11 is 0. The molecule has 0 aliphatic heterocycles. The smallest absolute Gasteiger partial charge is 0.302 e. The van der Waals surface area contributed by atoms with E-state index >= 15 is 0 Å². The van der Waals surface area contributed by atoms with E-state index < -0.39 is 17.7 Å². The quantitative estimate of drug-likeness (QED) is 0.254. The van der Waals surface area contributed by atoms with E-state index in [9.17, 15) is 18.0 Å². The van der Waals surface area contributed by atoms with Crippen LogP contribution in [0.3, 0.4) is 0 Å². The minimum Gasteiger partial charge on any atom is -0.302 e. The Labute approximate surface area is 94.7 Å². The molecule has 0 saturated carbocycles. The van der Waals surface area contributed by atoms with Crippen molar-refractivity contribution in [2.24, 2.45) is 17.3 Å². The van der Waals surface area contributed by atoms with E-state index in [2.05, 4.69) is 0 Å². The summed E-state index contributed by atoms with van der Waals surface area (Å²) in [6.07, 6.45) is -4.79. The van der Waals surface area contributed by atoms with Gasteiger partial charge in [0.05, 0.1) is 0 Å². The monoisotopic (exact) mass is 248 g/mol. The van der Waals surface area contributed by atoms with Crippen molar-refractivity contribution in [3.8, 4) is 0 Å². The molecule has 0 aliphatic carbocycles. The van der Waals surface area contributed by atoms with Crippen molar-refractivity contribution in [1.82, 2.24) is 5.43 Å². The Balaban J connectivity index is 3.07. The van der Waals surface area contributed by atoms with Gasteiger partial charge in [0.15, 0.2) is 5.66 Å². The highest BCUT2D eigenvalue weighted by Gasteiger charge is 2.50. The van der Waals surface area contributed by atoms with Crippen LogP contribution in [0.15, 0.2) is 24.3 Å². The first-order valence-corrected chi connectivity index (χ1v) is 4.46. The molecule has 0 fully saturated rings. The molecule has 7 N–H and O–H groups in total. The summed E-state index contributed by atoms with van der Waals surface area (Å²) in [5, 5.41) is 0. The maximum Gasteiger partial charge on any atom is 0.423 e. The second kappa shape index (κ2) is 4.32. The van der Waals surface area contributed by atoms with Crippen molar-refractivity contribution in [3.63, 3.8) is 0 Å². The first kappa shape index (κ1) is 13.4. The Kier molecular flexibility index (Phi) is 3.41. The van der Waals surface area contributed by atoms with Crippen molar-refractivity contribution >= 4 is 5.91 Å². The van der Waals surface area contributed by atoms with E-state index in [4.69, 9.17) is 17.3 Å². The predicted molar refractivity (Wildman–Crippen MR) is 54.2 cm³/mol. The number of alkyl halides is 3. The van der Waals surface area contributed by atoms with Crippen LogP contribution in [-0.4, -0.2) is 12.1 Å². The summed E-state index contributed by atoms with van der Waals surface area (Å²) < 4.78 is 37.5. The van der Waals surface area contributed by atoms with Crippen LogP contribution in [0.5, 0.6) is 0 Å². The molecule has 1 aromatic rings. The van der Waals surface area contributed by atoms with Crippen LogP contribution < -0.4 is 22.7 Å². The van der Waals surface area contributed by atoms with E-state index in [0.29, 0.717) is 0 Å². The molecule has 0 bridgehead atoms. The Morgan fingerprint density at radius 2 is 1.59 bits per heavy atom. The fourth-order valence-electron chi connectivity index (χ4n) is 1.14. The number of hydrogen-bond donors (Lipinski definition) is 4. The molecule has 17 heavy (non-hydrogen) atoms. The molecule has 1 amide bonds. The minimum atomic E-state index is -4.79. The lowest BCUT2D eigenvalue weighted by atomic mass is 9.99. The van der Waals surface area contributed by atoms with Crippen LogP contribution in [0.1, 0.15) is 15.9 Å². The highest BCUT2D eigenvalue weighted by atomic mass is 19.4. The average Bonchev–Trinajstić information content (AvgIpc) is 2.26. The second-order valence-electron chi connectivity index (χ2n) is 3.42. The normalized spacial score (nSPS) is 12.4. The molecule has 94 valence electrons. The minimum absolute atomic E-state index is 0.106. The van der Waals surface area contributed by atoms with Crippen molar-refractivity contribution in [2.45, 2.75) is 11.8 Å². The highest BCUT2D eigenvalue weighted by molar-refractivity contribution is 5.93. The van der Waals surface area contributed by atoms with Gasteiger partial charge in [-0.15, -0.1) is 0 Å². The third-order valence-corrected chi connectivity index (χ3v) is 2.22. The van der Waals surface area contributed by atoms with Gasteiger partial charge < -0.3 is 11.5 Å². The molecule has 1 rings (SSSR count). The third-order valence-electron chi connectivity index (χ3n) is 2.22. The summed E-state index contributed by atoms with van der Waals surface area (Å²) in [7, 11) is 0. The van der Waals surface area contributed by atoms with Gasteiger partial charge in [0.25, 0.3) is 5.91 Å². The van der Waals surface area contributed by atoms with E-state index in [1.54, 1.807) is 0 Å². The van der Waals surface area contributed by atoms with Gasteiger partial charge in [0.2, 0.25) is 0 Å². The lowest BCUT2D eigenvalue weighted by Gasteiger charge is -2.27. The van der Waals surface area contributed by atoms with E-state index in [1.165, 1.54) is 0 Å². The number of halogens is 3. The Bertz CT molecular complexity index is 413. The lowest BCUT2D eigenvalue weighted by Crippen LogP contribution is -2.57. The fraction of sp³-hybridized carbons (Fsp3) is 0.222. The Morgan fingerprint density at radius 1 is 1.12 bits per heavy atom. The number of nitrogen functional groups attached to an aromatic ring is 1. The lowest BCUT2D eigenvalue weighted by molar-refractivity contribution is -0.188. The molecule has 0 aliphatic rings. The molecule has 8 heteroatoms. The number of rotatable bonds is 2. The maximum atomic E-state index is 12.5. The van der Waals surface area contributed by atoms with Crippen LogP contribution in [0.25, 0.3) is 0 Å². The summed E-state index contributed by atoms with van der Waals surface area (Å²) in [5.74, 6) is 4.25. The third kappa shape index (κ3) is 2.54. The van der Waals surface area contributed by atoms with E-state index in [0.717, 1.165) is 24.3 Å². The van der Waals surface area contributed by atoms with Gasteiger partial charge in [-0.2, -0.15) is 13.2 Å². The maximum absolute atomic E-state index is 12.5. The van der Waals surface area contributed by atoms with E-state index in [1.807, 2.05) is 5.43 Å². The van der Waals surface area contributed by atoms with Gasteiger partial charge in [-0.05, 0) is 17.7 Å². The van der Waals surface area contributed by atoms with Gasteiger partial charge in [-0.3, -0.25) is 10.2 Å². The van der Waals surface area contributed by atoms with Crippen LogP contribution in [0, 0.1) is 0 Å². The highest BCUT2D eigenvalue weighted by Crippen LogP contribution is 2.32. The topological polar surface area (TPSA) is 107 Å². The molecule has 0 heterocycles. The zero-order valence-electron chi connectivity index (χ0n) is 8.58. The van der Waals surface area contributed by atoms with Crippen molar-refractivity contribution in [1.29, 1.82) is 0 Å². The SMILES string of the molecule is NNC(=O)c1ccc(C(N)(N)C(F)(F)F)cc1. The molecule has 0 atom stereocenters. The van der Waals surface area contributed by atoms with Gasteiger partial charge in [-0.1, -0.05) is 12.1 Å². The molecular weight excluding hydrogens is 237 g/mol. The summed E-state index contributed by atoms with van der Waals surface area (Å²) in [6.45, 7) is 0. The molecule has 0 spiro atoms. The number of carbonyl (C=O) groups is 1. The molecule has 0 saturated heterocycles. The van der Waals surface area contributed by atoms with Crippen LogP contribution in [0.4, 0.5) is 13.2 Å². The molecule has 5 nitrogen and oxygen atoms in total. The number of benzene rings is 1. The Morgan fingerprint density at radius 3 is 1.94 bits per heavy atom. The standard InChI is InChI=1S/C9H11F3N4O/c10-9(11,12)8(13,14)6-3-1-5(2-4-6)7(17)16-15/h1-4H,13-15H2,(H,16,17). The molecular formula is C9H11F3N4O. The molecule has 1 aromatic carbocycles. The molecule has 0 radical (unpaired) electrons.